The van der Waals surface area contributed by atoms with Crippen molar-refractivity contribution in [2.24, 2.45) is 0 Å². The van der Waals surface area contributed by atoms with Crippen LogP contribution in [0.15, 0.2) is 42.7 Å². The summed E-state index contributed by atoms with van der Waals surface area (Å²) < 4.78 is 1.87. The Bertz CT molecular complexity index is 928. The van der Waals surface area contributed by atoms with Crippen molar-refractivity contribution in [3.8, 4) is 0 Å². The molecule has 122 valence electrons. The van der Waals surface area contributed by atoms with Gasteiger partial charge in [0.2, 0.25) is 0 Å². The van der Waals surface area contributed by atoms with Gasteiger partial charge in [0.05, 0.1) is 11.8 Å². The molecule has 1 aliphatic rings. The molecule has 0 fully saturated rings. The van der Waals surface area contributed by atoms with Crippen molar-refractivity contribution in [3.63, 3.8) is 0 Å². The molecule has 5 heteroatoms. The molecule has 3 aromatic rings. The number of hydrogen-bond donors (Lipinski definition) is 0. The second kappa shape index (κ2) is 5.44. The van der Waals surface area contributed by atoms with Crippen LogP contribution in [-0.4, -0.2) is 26.7 Å². The topological polar surface area (TPSA) is 51.0 Å². The van der Waals surface area contributed by atoms with Crippen LogP contribution in [0.3, 0.4) is 0 Å². The molecular weight excluding hydrogens is 300 g/mol. The lowest BCUT2D eigenvalue weighted by atomic mass is 10.1. The lowest BCUT2D eigenvalue weighted by Gasteiger charge is -2.22. The van der Waals surface area contributed by atoms with E-state index < -0.39 is 0 Å². The molecule has 0 radical (unpaired) electrons. The summed E-state index contributed by atoms with van der Waals surface area (Å²) >= 11 is 0. The standard InChI is InChI=1S/C19H20N4O/c1-12(2)23-18-15(11-21-23)9-16(10-20-18)19(24)22-13(3)8-14-6-4-5-7-17(14)22/h4-7,9-13H,8H2,1-3H3/t13-/m1/s1. The van der Waals surface area contributed by atoms with E-state index in [0.717, 1.165) is 23.1 Å². The van der Waals surface area contributed by atoms with Crippen LogP contribution in [0.4, 0.5) is 5.69 Å². The number of aromatic nitrogens is 3. The van der Waals surface area contributed by atoms with Gasteiger partial charge in [-0.2, -0.15) is 5.10 Å². The second-order valence-electron chi connectivity index (χ2n) is 6.68. The van der Waals surface area contributed by atoms with E-state index >= 15 is 0 Å². The number of fused-ring (bicyclic) bond motifs is 2. The number of benzene rings is 1. The summed E-state index contributed by atoms with van der Waals surface area (Å²) in [6.07, 6.45) is 4.34. The summed E-state index contributed by atoms with van der Waals surface area (Å²) in [7, 11) is 0. The number of anilines is 1. The summed E-state index contributed by atoms with van der Waals surface area (Å²) in [6, 6.07) is 10.4. The van der Waals surface area contributed by atoms with Crippen molar-refractivity contribution in [2.75, 3.05) is 4.90 Å². The van der Waals surface area contributed by atoms with Crippen LogP contribution in [-0.2, 0) is 6.42 Å². The summed E-state index contributed by atoms with van der Waals surface area (Å²) in [5.74, 6) is -0.000790. The van der Waals surface area contributed by atoms with Gasteiger partial charge in [0.15, 0.2) is 5.65 Å². The van der Waals surface area contributed by atoms with Crippen molar-refractivity contribution < 1.29 is 4.79 Å². The first-order chi connectivity index (χ1) is 11.6. The monoisotopic (exact) mass is 320 g/mol. The lowest BCUT2D eigenvalue weighted by molar-refractivity contribution is 0.0981. The first-order valence-electron chi connectivity index (χ1n) is 8.31. The van der Waals surface area contributed by atoms with Crippen LogP contribution < -0.4 is 4.90 Å². The zero-order valence-corrected chi connectivity index (χ0v) is 14.1. The molecule has 2 aromatic heterocycles. The minimum absolute atomic E-state index is 0.000790. The van der Waals surface area contributed by atoms with E-state index in [2.05, 4.69) is 36.9 Å². The van der Waals surface area contributed by atoms with Gasteiger partial charge in [0, 0.05) is 29.4 Å². The zero-order chi connectivity index (χ0) is 16.8. The predicted octanol–water partition coefficient (Wildman–Crippen LogP) is 3.60. The van der Waals surface area contributed by atoms with Crippen molar-refractivity contribution in [1.82, 2.24) is 14.8 Å². The number of para-hydroxylation sites is 1. The fourth-order valence-electron chi connectivity index (χ4n) is 3.45. The van der Waals surface area contributed by atoms with Crippen LogP contribution >= 0.6 is 0 Å². The minimum Gasteiger partial charge on any atom is -0.305 e. The Morgan fingerprint density at radius 3 is 2.83 bits per heavy atom. The fraction of sp³-hybridized carbons (Fsp3) is 0.316. The molecule has 1 aromatic carbocycles. The molecule has 1 amide bonds. The maximum absolute atomic E-state index is 13.1. The first-order valence-corrected chi connectivity index (χ1v) is 8.31. The van der Waals surface area contributed by atoms with Crippen molar-refractivity contribution in [1.29, 1.82) is 0 Å². The average Bonchev–Trinajstić information content (AvgIpc) is 3.13. The Kier molecular flexibility index (Phi) is 3.37. The highest BCUT2D eigenvalue weighted by Gasteiger charge is 2.31. The van der Waals surface area contributed by atoms with E-state index in [4.69, 9.17) is 0 Å². The summed E-state index contributed by atoms with van der Waals surface area (Å²) in [6.45, 7) is 6.21. The third kappa shape index (κ3) is 2.19. The van der Waals surface area contributed by atoms with E-state index in [0.29, 0.717) is 5.56 Å². The van der Waals surface area contributed by atoms with E-state index in [1.165, 1.54) is 5.56 Å². The molecule has 0 aliphatic carbocycles. The second-order valence-corrected chi connectivity index (χ2v) is 6.68. The van der Waals surface area contributed by atoms with Gasteiger partial charge in [-0.1, -0.05) is 18.2 Å². The molecule has 3 heterocycles. The quantitative estimate of drug-likeness (QED) is 0.725. The molecule has 1 atom stereocenters. The molecule has 0 saturated heterocycles. The maximum atomic E-state index is 13.1. The van der Waals surface area contributed by atoms with E-state index in [1.54, 1.807) is 12.4 Å². The average molecular weight is 320 g/mol. The number of carbonyl (C=O) groups excluding carboxylic acids is 1. The van der Waals surface area contributed by atoms with Gasteiger partial charge in [-0.3, -0.25) is 4.79 Å². The largest absolute Gasteiger partial charge is 0.305 e. The Labute approximate surface area is 140 Å². The molecule has 0 saturated carbocycles. The molecule has 5 nitrogen and oxygen atoms in total. The molecule has 0 spiro atoms. The Morgan fingerprint density at radius 1 is 1.25 bits per heavy atom. The number of pyridine rings is 1. The number of rotatable bonds is 2. The number of hydrogen-bond acceptors (Lipinski definition) is 3. The summed E-state index contributed by atoms with van der Waals surface area (Å²) in [4.78, 5) is 19.4. The minimum atomic E-state index is -0.000790. The molecule has 24 heavy (non-hydrogen) atoms. The highest BCUT2D eigenvalue weighted by molar-refractivity contribution is 6.08. The fourth-order valence-corrected chi connectivity index (χ4v) is 3.45. The van der Waals surface area contributed by atoms with Crippen LogP contribution in [0.1, 0.15) is 42.7 Å². The van der Waals surface area contributed by atoms with E-state index in [-0.39, 0.29) is 18.0 Å². The van der Waals surface area contributed by atoms with Gasteiger partial charge in [-0.25, -0.2) is 9.67 Å². The maximum Gasteiger partial charge on any atom is 0.260 e. The van der Waals surface area contributed by atoms with Crippen LogP contribution in [0.25, 0.3) is 11.0 Å². The SMILES string of the molecule is CC(C)n1ncc2cc(C(=O)N3c4ccccc4C[C@H]3C)cnc21. The Hall–Kier alpha value is -2.69. The lowest BCUT2D eigenvalue weighted by Crippen LogP contribution is -2.35. The smallest absolute Gasteiger partial charge is 0.260 e. The van der Waals surface area contributed by atoms with Crippen molar-refractivity contribution in [3.05, 3.63) is 53.9 Å². The molecule has 0 unspecified atom stereocenters. The number of carbonyl (C=O) groups is 1. The van der Waals surface area contributed by atoms with E-state index in [9.17, 15) is 4.79 Å². The molecule has 4 rings (SSSR count). The van der Waals surface area contributed by atoms with Gasteiger partial charge in [-0.05, 0) is 44.9 Å². The first kappa shape index (κ1) is 14.9. The van der Waals surface area contributed by atoms with Gasteiger partial charge in [0.1, 0.15) is 0 Å². The molecule has 1 aliphatic heterocycles. The highest BCUT2D eigenvalue weighted by atomic mass is 16.2. The van der Waals surface area contributed by atoms with Gasteiger partial charge < -0.3 is 4.90 Å². The Balaban J connectivity index is 1.74. The zero-order valence-electron chi connectivity index (χ0n) is 14.1. The van der Waals surface area contributed by atoms with Gasteiger partial charge in [-0.15, -0.1) is 0 Å². The predicted molar refractivity (Wildman–Crippen MR) is 94.3 cm³/mol. The van der Waals surface area contributed by atoms with Gasteiger partial charge >= 0.3 is 0 Å². The van der Waals surface area contributed by atoms with Crippen LogP contribution in [0.5, 0.6) is 0 Å². The third-order valence-corrected chi connectivity index (χ3v) is 4.60. The Morgan fingerprint density at radius 2 is 2.04 bits per heavy atom. The molecular formula is C19H20N4O. The molecule has 0 N–H and O–H groups in total. The summed E-state index contributed by atoms with van der Waals surface area (Å²) in [5.41, 5.74) is 3.65. The van der Waals surface area contributed by atoms with Gasteiger partial charge in [0.25, 0.3) is 5.91 Å². The molecule has 0 bridgehead atoms. The third-order valence-electron chi connectivity index (χ3n) is 4.60. The number of nitrogens with zero attached hydrogens (tertiary/aromatic N) is 4. The van der Waals surface area contributed by atoms with Crippen LogP contribution in [0.2, 0.25) is 0 Å². The van der Waals surface area contributed by atoms with Crippen molar-refractivity contribution in [2.45, 2.75) is 39.3 Å². The summed E-state index contributed by atoms with van der Waals surface area (Å²) in [5, 5.41) is 5.27. The number of amides is 1. The van der Waals surface area contributed by atoms with E-state index in [1.807, 2.05) is 33.8 Å². The van der Waals surface area contributed by atoms with Crippen molar-refractivity contribution >= 4 is 22.6 Å². The normalized spacial score (nSPS) is 16.8. The van der Waals surface area contributed by atoms with Crippen LogP contribution in [0, 0.1) is 0 Å². The highest BCUT2D eigenvalue weighted by Crippen LogP contribution is 2.33.